The first-order chi connectivity index (χ1) is 16.0. The molecule has 2 aromatic carbocycles. The molecule has 1 aliphatic rings. The molecule has 2 atom stereocenters. The number of hydrogen-bond acceptors (Lipinski definition) is 5. The SMILES string of the molecule is CCc1ccc(Cc2cc([C@@H]3[CH][CH][CH][C@H](COC(C)=O)O3)c(CCOCCO)cc2Cl)cc1. The first-order valence-electron chi connectivity index (χ1n) is 11.4. The average Bonchev–Trinajstić information content (AvgIpc) is 2.82. The zero-order valence-electron chi connectivity index (χ0n) is 19.3. The maximum absolute atomic E-state index is 11.2. The van der Waals surface area contributed by atoms with Crippen molar-refractivity contribution in [3.05, 3.63) is 88.5 Å². The van der Waals surface area contributed by atoms with Crippen molar-refractivity contribution < 1.29 is 24.1 Å². The van der Waals surface area contributed by atoms with Crippen molar-refractivity contribution in [1.29, 1.82) is 0 Å². The smallest absolute Gasteiger partial charge is 0.302 e. The van der Waals surface area contributed by atoms with Gasteiger partial charge in [0.05, 0.1) is 32.0 Å². The molecule has 2 aromatic rings. The fourth-order valence-electron chi connectivity index (χ4n) is 3.80. The Morgan fingerprint density at radius 2 is 1.85 bits per heavy atom. The van der Waals surface area contributed by atoms with Gasteiger partial charge in [0.25, 0.3) is 0 Å². The van der Waals surface area contributed by atoms with Crippen LogP contribution in [-0.2, 0) is 38.3 Å². The topological polar surface area (TPSA) is 65.0 Å². The third-order valence-electron chi connectivity index (χ3n) is 5.58. The van der Waals surface area contributed by atoms with Crippen LogP contribution in [0.2, 0.25) is 5.02 Å². The molecule has 0 amide bonds. The summed E-state index contributed by atoms with van der Waals surface area (Å²) in [6, 6.07) is 12.7. The lowest BCUT2D eigenvalue weighted by atomic mass is 9.90. The van der Waals surface area contributed by atoms with E-state index in [0.29, 0.717) is 24.7 Å². The number of rotatable bonds is 11. The molecule has 3 rings (SSSR count). The normalized spacial score (nSPS) is 18.3. The quantitative estimate of drug-likeness (QED) is 0.381. The molecule has 0 bridgehead atoms. The fourth-order valence-corrected chi connectivity index (χ4v) is 4.05. The lowest BCUT2D eigenvalue weighted by Crippen LogP contribution is -2.29. The Balaban J connectivity index is 1.83. The summed E-state index contributed by atoms with van der Waals surface area (Å²) >= 11 is 6.70. The van der Waals surface area contributed by atoms with Crippen molar-refractivity contribution >= 4 is 17.6 Å². The number of benzene rings is 2. The van der Waals surface area contributed by atoms with E-state index in [0.717, 1.165) is 29.5 Å². The van der Waals surface area contributed by atoms with E-state index in [9.17, 15) is 4.79 Å². The molecule has 0 spiro atoms. The van der Waals surface area contributed by atoms with E-state index in [1.165, 1.54) is 18.1 Å². The molecule has 5 nitrogen and oxygen atoms in total. The number of hydrogen-bond donors (Lipinski definition) is 1. The number of ether oxygens (including phenoxy) is 3. The van der Waals surface area contributed by atoms with Gasteiger partial charge in [-0.15, -0.1) is 0 Å². The van der Waals surface area contributed by atoms with E-state index >= 15 is 0 Å². The van der Waals surface area contributed by atoms with Crippen LogP contribution in [0.5, 0.6) is 0 Å². The molecule has 3 radical (unpaired) electrons. The number of esters is 1. The summed E-state index contributed by atoms with van der Waals surface area (Å²) in [6.07, 6.45) is 7.59. The standard InChI is InChI=1S/C27H32ClO5/c1-3-20-7-9-21(10-8-20)15-23-16-25(22(17-26(23)28)11-13-31-14-12-29)27-6-4-5-24(33-27)18-32-19(2)30/h4-10,16-17,24,27,29H,3,11-15,18H2,1-2H3/t24-,27+/m1/s1. The predicted octanol–water partition coefficient (Wildman–Crippen LogP) is 4.66. The van der Waals surface area contributed by atoms with Crippen LogP contribution >= 0.6 is 11.6 Å². The number of aryl methyl sites for hydroxylation is 1. The fraction of sp³-hybridized carbons (Fsp3) is 0.407. The van der Waals surface area contributed by atoms with Gasteiger partial charge in [-0.2, -0.15) is 0 Å². The van der Waals surface area contributed by atoms with Crippen molar-refractivity contribution in [2.45, 2.75) is 45.3 Å². The lowest BCUT2D eigenvalue weighted by molar-refractivity contribution is -0.145. The highest BCUT2D eigenvalue weighted by atomic mass is 35.5. The number of aliphatic hydroxyl groups excluding tert-OH is 1. The lowest BCUT2D eigenvalue weighted by Gasteiger charge is -2.31. The van der Waals surface area contributed by atoms with E-state index in [-0.39, 0.29) is 31.4 Å². The maximum atomic E-state index is 11.2. The van der Waals surface area contributed by atoms with Crippen molar-refractivity contribution in [2.24, 2.45) is 0 Å². The zero-order valence-corrected chi connectivity index (χ0v) is 20.0. The van der Waals surface area contributed by atoms with Gasteiger partial charge >= 0.3 is 5.97 Å². The van der Waals surface area contributed by atoms with Crippen LogP contribution in [0.3, 0.4) is 0 Å². The van der Waals surface area contributed by atoms with Crippen molar-refractivity contribution in [3.63, 3.8) is 0 Å². The molecule has 0 unspecified atom stereocenters. The molecule has 1 fully saturated rings. The predicted molar refractivity (Wildman–Crippen MR) is 129 cm³/mol. The molecule has 0 aromatic heterocycles. The second kappa shape index (κ2) is 13.1. The summed E-state index contributed by atoms with van der Waals surface area (Å²) in [5.41, 5.74) is 5.58. The monoisotopic (exact) mass is 471 g/mol. The Hall–Kier alpha value is -1.92. The van der Waals surface area contributed by atoms with E-state index < -0.39 is 0 Å². The van der Waals surface area contributed by atoms with Gasteiger partial charge in [-0.1, -0.05) is 48.9 Å². The van der Waals surface area contributed by atoms with Crippen LogP contribution in [0.15, 0.2) is 36.4 Å². The van der Waals surface area contributed by atoms with E-state index in [1.54, 1.807) is 0 Å². The molecule has 177 valence electrons. The molecule has 1 N–H and O–H groups in total. The van der Waals surface area contributed by atoms with Gasteiger partial charge in [0.2, 0.25) is 0 Å². The molecule has 6 heteroatoms. The minimum atomic E-state index is -0.331. The van der Waals surface area contributed by atoms with Crippen LogP contribution in [-0.4, -0.2) is 43.6 Å². The van der Waals surface area contributed by atoms with Crippen LogP contribution in [0.4, 0.5) is 0 Å². The molecule has 0 aliphatic carbocycles. The molecule has 33 heavy (non-hydrogen) atoms. The Morgan fingerprint density at radius 3 is 2.55 bits per heavy atom. The number of carbonyl (C=O) groups is 1. The van der Waals surface area contributed by atoms with Crippen LogP contribution in [0.1, 0.15) is 47.8 Å². The van der Waals surface area contributed by atoms with Crippen molar-refractivity contribution in [1.82, 2.24) is 0 Å². The van der Waals surface area contributed by atoms with Gasteiger partial charge in [0, 0.05) is 11.9 Å². The third kappa shape index (κ3) is 7.82. The number of halogens is 1. The molecule has 0 saturated carbocycles. The zero-order chi connectivity index (χ0) is 23.6. The van der Waals surface area contributed by atoms with E-state index in [2.05, 4.69) is 37.3 Å². The van der Waals surface area contributed by atoms with Crippen molar-refractivity contribution in [3.8, 4) is 0 Å². The largest absolute Gasteiger partial charge is 0.463 e. The molecule has 1 heterocycles. The Bertz CT molecular complexity index is 896. The summed E-state index contributed by atoms with van der Waals surface area (Å²) in [5, 5.41) is 9.69. The van der Waals surface area contributed by atoms with E-state index in [1.807, 2.05) is 25.3 Å². The summed E-state index contributed by atoms with van der Waals surface area (Å²) < 4.78 is 16.8. The van der Waals surface area contributed by atoms with Crippen LogP contribution in [0.25, 0.3) is 0 Å². The minimum Gasteiger partial charge on any atom is -0.463 e. The molecular weight excluding hydrogens is 440 g/mol. The first kappa shape index (κ1) is 25.7. The molecular formula is C27H32ClO5. The highest BCUT2D eigenvalue weighted by Crippen LogP contribution is 2.35. The third-order valence-corrected chi connectivity index (χ3v) is 5.93. The maximum Gasteiger partial charge on any atom is 0.302 e. The second-order valence-corrected chi connectivity index (χ2v) is 8.46. The highest BCUT2D eigenvalue weighted by Gasteiger charge is 2.27. The van der Waals surface area contributed by atoms with Crippen molar-refractivity contribution in [2.75, 3.05) is 26.4 Å². The van der Waals surface area contributed by atoms with Gasteiger partial charge < -0.3 is 19.3 Å². The van der Waals surface area contributed by atoms with Gasteiger partial charge in [-0.3, -0.25) is 4.79 Å². The summed E-state index contributed by atoms with van der Waals surface area (Å²) in [4.78, 5) is 11.2. The van der Waals surface area contributed by atoms with E-state index in [4.69, 9.17) is 30.9 Å². The van der Waals surface area contributed by atoms with Gasteiger partial charge in [-0.05, 0) is 72.4 Å². The highest BCUT2D eigenvalue weighted by molar-refractivity contribution is 6.31. The Labute approximate surface area is 202 Å². The van der Waals surface area contributed by atoms with Crippen LogP contribution in [0, 0.1) is 19.3 Å². The minimum absolute atomic E-state index is 0.00842. The molecule has 1 saturated heterocycles. The van der Waals surface area contributed by atoms with Crippen LogP contribution < -0.4 is 0 Å². The Morgan fingerprint density at radius 1 is 1.09 bits per heavy atom. The summed E-state index contributed by atoms with van der Waals surface area (Å²) in [6.45, 7) is 4.47. The van der Waals surface area contributed by atoms with Gasteiger partial charge in [-0.25, -0.2) is 0 Å². The number of aliphatic hydroxyl groups is 1. The summed E-state index contributed by atoms with van der Waals surface area (Å²) in [7, 11) is 0. The first-order valence-corrected chi connectivity index (χ1v) is 11.8. The second-order valence-electron chi connectivity index (χ2n) is 8.05. The van der Waals surface area contributed by atoms with Gasteiger partial charge in [0.15, 0.2) is 0 Å². The molecule has 1 aliphatic heterocycles. The Kier molecular flexibility index (Phi) is 10.2. The van der Waals surface area contributed by atoms with Gasteiger partial charge in [0.1, 0.15) is 6.61 Å². The summed E-state index contributed by atoms with van der Waals surface area (Å²) in [5.74, 6) is -0.331. The number of carbonyl (C=O) groups excluding carboxylic acids is 1. The average molecular weight is 472 g/mol.